The van der Waals surface area contributed by atoms with Gasteiger partial charge in [0.25, 0.3) is 0 Å². The first-order valence-electron chi connectivity index (χ1n) is 7.64. The number of rotatable bonds is 5. The summed E-state index contributed by atoms with van der Waals surface area (Å²) in [6.07, 6.45) is 4.64. The maximum atomic E-state index is 9.42. The normalized spacial score (nSPS) is 29.5. The summed E-state index contributed by atoms with van der Waals surface area (Å²) < 4.78 is 0. The fourth-order valence-electron chi connectivity index (χ4n) is 2.96. The highest BCUT2D eigenvalue weighted by Gasteiger charge is 2.33. The lowest BCUT2D eigenvalue weighted by Gasteiger charge is -2.31. The summed E-state index contributed by atoms with van der Waals surface area (Å²) in [5.41, 5.74) is -0.348. The monoisotopic (exact) mass is 264 g/mol. The molecule has 1 aliphatic heterocycles. The summed E-state index contributed by atoms with van der Waals surface area (Å²) in [6.45, 7) is 8.88. The SMILES string of the molecule is CC1CN(C)CCCN1CCC(C)(C#N)NC1CC1. The lowest BCUT2D eigenvalue weighted by molar-refractivity contribution is 0.186. The molecule has 108 valence electrons. The highest BCUT2D eigenvalue weighted by Crippen LogP contribution is 2.24. The maximum Gasteiger partial charge on any atom is 0.105 e. The second-order valence-electron chi connectivity index (χ2n) is 6.61. The van der Waals surface area contributed by atoms with Crippen LogP contribution in [0.1, 0.15) is 39.5 Å². The molecule has 19 heavy (non-hydrogen) atoms. The van der Waals surface area contributed by atoms with E-state index in [1.807, 2.05) is 0 Å². The van der Waals surface area contributed by atoms with E-state index >= 15 is 0 Å². The summed E-state index contributed by atoms with van der Waals surface area (Å²) in [5, 5.41) is 12.9. The first-order chi connectivity index (χ1) is 9.02. The van der Waals surface area contributed by atoms with E-state index in [9.17, 15) is 5.26 Å². The van der Waals surface area contributed by atoms with Crippen molar-refractivity contribution in [2.45, 2.75) is 57.2 Å². The smallest absolute Gasteiger partial charge is 0.105 e. The zero-order valence-corrected chi connectivity index (χ0v) is 12.7. The fraction of sp³-hybridized carbons (Fsp3) is 0.933. The molecule has 0 spiro atoms. The standard InChI is InChI=1S/C15H28N4/c1-13-11-18(3)8-4-9-19(13)10-7-15(2,12-16)17-14-5-6-14/h13-14,17H,4-11H2,1-3H3. The van der Waals surface area contributed by atoms with Gasteiger partial charge in [-0.1, -0.05) is 0 Å². The van der Waals surface area contributed by atoms with Crippen LogP contribution in [0.25, 0.3) is 0 Å². The van der Waals surface area contributed by atoms with Crippen molar-refractivity contribution in [2.24, 2.45) is 0 Å². The van der Waals surface area contributed by atoms with Gasteiger partial charge in [-0.2, -0.15) is 5.26 Å². The highest BCUT2D eigenvalue weighted by molar-refractivity contribution is 5.07. The Bertz CT molecular complexity index is 334. The van der Waals surface area contributed by atoms with E-state index in [1.54, 1.807) is 0 Å². The van der Waals surface area contributed by atoms with Crippen molar-refractivity contribution < 1.29 is 0 Å². The van der Waals surface area contributed by atoms with Gasteiger partial charge >= 0.3 is 0 Å². The number of hydrogen-bond donors (Lipinski definition) is 1. The number of nitrogens with zero attached hydrogens (tertiary/aromatic N) is 3. The zero-order valence-electron chi connectivity index (χ0n) is 12.7. The Kier molecular flexibility index (Phi) is 4.83. The second-order valence-corrected chi connectivity index (χ2v) is 6.61. The molecule has 2 aliphatic rings. The molecule has 0 aromatic rings. The van der Waals surface area contributed by atoms with Crippen LogP contribution in [0.4, 0.5) is 0 Å². The van der Waals surface area contributed by atoms with Crippen molar-refractivity contribution >= 4 is 0 Å². The molecule has 2 rings (SSSR count). The Morgan fingerprint density at radius 1 is 1.37 bits per heavy atom. The molecule has 2 unspecified atom stereocenters. The van der Waals surface area contributed by atoms with E-state index in [-0.39, 0.29) is 5.54 Å². The van der Waals surface area contributed by atoms with E-state index in [0.717, 1.165) is 26.1 Å². The van der Waals surface area contributed by atoms with Crippen LogP contribution in [0, 0.1) is 11.3 Å². The molecule has 2 fully saturated rings. The summed E-state index contributed by atoms with van der Waals surface area (Å²) in [5.74, 6) is 0. The van der Waals surface area contributed by atoms with Crippen molar-refractivity contribution in [1.82, 2.24) is 15.1 Å². The molecule has 0 aromatic heterocycles. The third-order valence-electron chi connectivity index (χ3n) is 4.43. The lowest BCUT2D eigenvalue weighted by Crippen LogP contribution is -2.47. The number of nitriles is 1. The summed E-state index contributed by atoms with van der Waals surface area (Å²) in [6, 6.07) is 3.67. The van der Waals surface area contributed by atoms with Crippen LogP contribution in [0.15, 0.2) is 0 Å². The van der Waals surface area contributed by atoms with E-state index in [1.165, 1.54) is 25.8 Å². The quantitative estimate of drug-likeness (QED) is 0.816. The number of nitrogens with one attached hydrogen (secondary N) is 1. The van der Waals surface area contributed by atoms with Crippen molar-refractivity contribution in [3.05, 3.63) is 0 Å². The van der Waals surface area contributed by atoms with Crippen LogP contribution in [-0.4, -0.2) is 60.6 Å². The van der Waals surface area contributed by atoms with Crippen molar-refractivity contribution in [3.63, 3.8) is 0 Å². The average Bonchev–Trinajstić information content (AvgIpc) is 3.17. The van der Waals surface area contributed by atoms with E-state index in [4.69, 9.17) is 0 Å². The van der Waals surface area contributed by atoms with Crippen LogP contribution in [0.2, 0.25) is 0 Å². The molecule has 0 bridgehead atoms. The molecule has 1 aliphatic carbocycles. The Hall–Kier alpha value is -0.630. The van der Waals surface area contributed by atoms with Gasteiger partial charge in [-0.3, -0.25) is 10.2 Å². The van der Waals surface area contributed by atoms with Gasteiger partial charge in [-0.05, 0) is 59.7 Å². The average molecular weight is 264 g/mol. The van der Waals surface area contributed by atoms with Crippen molar-refractivity contribution in [2.75, 3.05) is 33.2 Å². The Balaban J connectivity index is 1.83. The van der Waals surface area contributed by atoms with Gasteiger partial charge in [-0.15, -0.1) is 0 Å². The maximum absolute atomic E-state index is 9.42. The lowest BCUT2D eigenvalue weighted by atomic mass is 9.99. The second kappa shape index (κ2) is 6.21. The summed E-state index contributed by atoms with van der Waals surface area (Å²) in [4.78, 5) is 4.96. The highest BCUT2D eigenvalue weighted by atomic mass is 15.2. The van der Waals surface area contributed by atoms with Crippen LogP contribution in [0.3, 0.4) is 0 Å². The molecule has 4 heteroatoms. The Morgan fingerprint density at radius 3 is 2.74 bits per heavy atom. The van der Waals surface area contributed by atoms with Crippen molar-refractivity contribution in [1.29, 1.82) is 5.26 Å². The van der Waals surface area contributed by atoms with Crippen LogP contribution < -0.4 is 5.32 Å². The zero-order chi connectivity index (χ0) is 13.9. The molecule has 1 saturated heterocycles. The van der Waals surface area contributed by atoms with E-state index in [2.05, 4.69) is 42.1 Å². The molecule has 4 nitrogen and oxygen atoms in total. The first kappa shape index (κ1) is 14.8. The fourth-order valence-corrected chi connectivity index (χ4v) is 2.96. The van der Waals surface area contributed by atoms with Gasteiger partial charge in [-0.25, -0.2) is 0 Å². The predicted molar refractivity (Wildman–Crippen MR) is 77.9 cm³/mol. The Morgan fingerprint density at radius 2 is 2.11 bits per heavy atom. The van der Waals surface area contributed by atoms with Gasteiger partial charge in [0.15, 0.2) is 0 Å². The minimum Gasteiger partial charge on any atom is -0.305 e. The summed E-state index contributed by atoms with van der Waals surface area (Å²) >= 11 is 0. The van der Waals surface area contributed by atoms with Crippen LogP contribution in [-0.2, 0) is 0 Å². The van der Waals surface area contributed by atoms with Gasteiger partial charge in [0.05, 0.1) is 6.07 Å². The molecule has 1 heterocycles. The van der Waals surface area contributed by atoms with Gasteiger partial charge in [0.2, 0.25) is 0 Å². The topological polar surface area (TPSA) is 42.3 Å². The van der Waals surface area contributed by atoms with Crippen molar-refractivity contribution in [3.8, 4) is 6.07 Å². The number of likely N-dealkylation sites (N-methyl/N-ethyl adjacent to an activating group) is 1. The molecule has 2 atom stereocenters. The molecule has 1 N–H and O–H groups in total. The minimum absolute atomic E-state index is 0.348. The van der Waals surface area contributed by atoms with E-state index in [0.29, 0.717) is 12.1 Å². The largest absolute Gasteiger partial charge is 0.305 e. The third-order valence-corrected chi connectivity index (χ3v) is 4.43. The first-order valence-corrected chi connectivity index (χ1v) is 7.64. The predicted octanol–water partition coefficient (Wildman–Crippen LogP) is 1.44. The molecule has 0 amide bonds. The van der Waals surface area contributed by atoms with Gasteiger partial charge < -0.3 is 4.90 Å². The molecule has 0 radical (unpaired) electrons. The number of hydrogen-bond acceptors (Lipinski definition) is 4. The molecule has 1 saturated carbocycles. The van der Waals surface area contributed by atoms with Gasteiger partial charge in [0.1, 0.15) is 5.54 Å². The van der Waals surface area contributed by atoms with Crippen LogP contribution in [0.5, 0.6) is 0 Å². The molecule has 0 aromatic carbocycles. The molecular formula is C15H28N4. The summed E-state index contributed by atoms with van der Waals surface area (Å²) in [7, 11) is 2.20. The van der Waals surface area contributed by atoms with E-state index < -0.39 is 0 Å². The Labute approximate surface area is 117 Å². The molecular weight excluding hydrogens is 236 g/mol. The van der Waals surface area contributed by atoms with Crippen LogP contribution >= 0.6 is 0 Å². The van der Waals surface area contributed by atoms with Gasteiger partial charge in [0, 0.05) is 25.2 Å². The third kappa shape index (κ3) is 4.45. The minimum atomic E-state index is -0.348.